The van der Waals surface area contributed by atoms with E-state index in [4.69, 9.17) is 11.6 Å². The van der Waals surface area contributed by atoms with Crippen LogP contribution in [0.4, 0.5) is 13.2 Å². The van der Waals surface area contributed by atoms with Crippen molar-refractivity contribution >= 4 is 11.6 Å². The molecule has 1 rings (SSSR count). The zero-order valence-electron chi connectivity index (χ0n) is 5.57. The Hall–Kier alpha value is -0.970. The second kappa shape index (κ2) is 3.18. The number of hydrogen-bond acceptors (Lipinski definition) is 1. The molecule has 0 amide bonds. The number of nitrogens with one attached hydrogen (secondary N) is 1. The SMILES string of the molecule is O=c1[nH]cc(F)c(Cl)c1C(F)F. The predicted molar refractivity (Wildman–Crippen MR) is 37.0 cm³/mol. The Morgan fingerprint density at radius 3 is 2.50 bits per heavy atom. The van der Waals surface area contributed by atoms with Gasteiger partial charge in [0.05, 0.1) is 5.02 Å². The summed E-state index contributed by atoms with van der Waals surface area (Å²) in [6, 6.07) is 0. The predicted octanol–water partition coefficient (Wildman–Crippen LogP) is 2.10. The summed E-state index contributed by atoms with van der Waals surface area (Å²) < 4.78 is 36.5. The van der Waals surface area contributed by atoms with Crippen molar-refractivity contribution < 1.29 is 13.2 Å². The molecule has 0 aliphatic rings. The molecule has 0 fully saturated rings. The van der Waals surface area contributed by atoms with Gasteiger partial charge in [0.2, 0.25) is 0 Å². The third-order valence-electron chi connectivity index (χ3n) is 1.24. The highest BCUT2D eigenvalue weighted by Gasteiger charge is 2.19. The Morgan fingerprint density at radius 2 is 2.08 bits per heavy atom. The van der Waals surface area contributed by atoms with Gasteiger partial charge in [-0.3, -0.25) is 4.79 Å². The first kappa shape index (κ1) is 9.12. The molecule has 0 unspecified atom stereocenters. The number of alkyl halides is 2. The van der Waals surface area contributed by atoms with E-state index >= 15 is 0 Å². The molecule has 0 saturated heterocycles. The highest BCUT2D eigenvalue weighted by atomic mass is 35.5. The molecule has 0 aliphatic carbocycles. The van der Waals surface area contributed by atoms with Crippen molar-refractivity contribution in [1.82, 2.24) is 4.98 Å². The van der Waals surface area contributed by atoms with Crippen LogP contribution < -0.4 is 5.56 Å². The number of hydrogen-bond donors (Lipinski definition) is 1. The Labute approximate surface area is 70.0 Å². The molecule has 0 atom stereocenters. The molecule has 0 radical (unpaired) electrons. The molecule has 0 bridgehead atoms. The summed E-state index contributed by atoms with van der Waals surface area (Å²) in [4.78, 5) is 12.4. The van der Waals surface area contributed by atoms with Crippen molar-refractivity contribution in [3.8, 4) is 0 Å². The normalized spacial score (nSPS) is 10.8. The number of pyridine rings is 1. The van der Waals surface area contributed by atoms with Crippen molar-refractivity contribution in [2.45, 2.75) is 6.43 Å². The van der Waals surface area contributed by atoms with Crippen LogP contribution in [0.3, 0.4) is 0 Å². The van der Waals surface area contributed by atoms with Crippen molar-refractivity contribution in [2.24, 2.45) is 0 Å². The lowest BCUT2D eigenvalue weighted by Gasteiger charge is -2.00. The van der Waals surface area contributed by atoms with E-state index in [1.807, 2.05) is 0 Å². The van der Waals surface area contributed by atoms with Crippen LogP contribution >= 0.6 is 11.6 Å². The minimum absolute atomic E-state index is 0.635. The molecular formula is C6H3ClF3NO. The molecule has 1 N–H and O–H groups in total. The molecule has 2 nitrogen and oxygen atoms in total. The molecule has 0 aromatic carbocycles. The molecule has 0 aliphatic heterocycles. The quantitative estimate of drug-likeness (QED) is 0.735. The van der Waals surface area contributed by atoms with Crippen molar-refractivity contribution in [1.29, 1.82) is 0 Å². The zero-order chi connectivity index (χ0) is 9.30. The maximum Gasteiger partial charge on any atom is 0.270 e. The van der Waals surface area contributed by atoms with E-state index in [0.717, 1.165) is 0 Å². The monoisotopic (exact) mass is 197 g/mol. The third kappa shape index (κ3) is 1.45. The van der Waals surface area contributed by atoms with Gasteiger partial charge in [-0.2, -0.15) is 0 Å². The molecule has 1 aromatic rings. The van der Waals surface area contributed by atoms with Crippen molar-refractivity contribution in [3.63, 3.8) is 0 Å². The largest absolute Gasteiger partial charge is 0.326 e. The van der Waals surface area contributed by atoms with E-state index in [1.165, 1.54) is 0 Å². The number of aromatic nitrogens is 1. The number of aromatic amines is 1. The van der Waals surface area contributed by atoms with Gasteiger partial charge in [0, 0.05) is 6.20 Å². The minimum atomic E-state index is -3.07. The van der Waals surface area contributed by atoms with Crippen LogP contribution in [0.25, 0.3) is 0 Å². The van der Waals surface area contributed by atoms with Gasteiger partial charge >= 0.3 is 0 Å². The lowest BCUT2D eigenvalue weighted by Crippen LogP contribution is -2.14. The summed E-state index contributed by atoms with van der Waals surface area (Å²) in [6.07, 6.45) is -2.44. The van der Waals surface area contributed by atoms with Crippen LogP contribution in [0.15, 0.2) is 11.0 Å². The fraction of sp³-hybridized carbons (Fsp3) is 0.167. The summed E-state index contributed by atoms with van der Waals surface area (Å²) in [5, 5.41) is -0.825. The maximum atomic E-state index is 12.5. The van der Waals surface area contributed by atoms with Crippen LogP contribution in [0.2, 0.25) is 5.02 Å². The van der Waals surface area contributed by atoms with E-state index in [1.54, 1.807) is 4.98 Å². The molecule has 6 heteroatoms. The Bertz CT molecular complexity index is 349. The Balaban J connectivity index is 3.43. The van der Waals surface area contributed by atoms with Gasteiger partial charge in [-0.05, 0) is 0 Å². The highest BCUT2D eigenvalue weighted by molar-refractivity contribution is 6.31. The first-order chi connectivity index (χ1) is 5.54. The first-order valence-corrected chi connectivity index (χ1v) is 3.26. The van der Waals surface area contributed by atoms with Crippen LogP contribution in [0.5, 0.6) is 0 Å². The maximum absolute atomic E-state index is 12.5. The average molecular weight is 198 g/mol. The second-order valence-electron chi connectivity index (χ2n) is 1.99. The van der Waals surface area contributed by atoms with Gasteiger partial charge in [0.15, 0.2) is 5.82 Å². The summed E-state index contributed by atoms with van der Waals surface area (Å²) in [7, 11) is 0. The van der Waals surface area contributed by atoms with Gasteiger partial charge < -0.3 is 4.98 Å². The standard InChI is InChI=1S/C6H3ClF3NO/c7-4-2(8)1-11-6(12)3(4)5(9)10/h1,5H,(H,11,12). The van der Waals surface area contributed by atoms with E-state index in [0.29, 0.717) is 6.20 Å². The van der Waals surface area contributed by atoms with E-state index < -0.39 is 28.4 Å². The van der Waals surface area contributed by atoms with E-state index in [-0.39, 0.29) is 0 Å². The van der Waals surface area contributed by atoms with Crippen LogP contribution in [0, 0.1) is 5.82 Å². The van der Waals surface area contributed by atoms with E-state index in [9.17, 15) is 18.0 Å². The topological polar surface area (TPSA) is 32.9 Å². The smallest absolute Gasteiger partial charge is 0.270 e. The van der Waals surface area contributed by atoms with Crippen molar-refractivity contribution in [3.05, 3.63) is 33.0 Å². The third-order valence-corrected chi connectivity index (χ3v) is 1.62. The molecule has 1 aromatic heterocycles. The van der Waals surface area contributed by atoms with Crippen LogP contribution in [0.1, 0.15) is 12.0 Å². The molecular weight excluding hydrogens is 195 g/mol. The lowest BCUT2D eigenvalue weighted by molar-refractivity contribution is 0.149. The summed E-state index contributed by atoms with van der Waals surface area (Å²) in [5.74, 6) is -1.06. The van der Waals surface area contributed by atoms with Gasteiger partial charge in [-0.25, -0.2) is 13.2 Å². The molecule has 66 valence electrons. The van der Waals surface area contributed by atoms with Gasteiger partial charge in [0.1, 0.15) is 5.56 Å². The Morgan fingerprint density at radius 1 is 1.50 bits per heavy atom. The fourth-order valence-corrected chi connectivity index (χ4v) is 0.916. The molecule has 12 heavy (non-hydrogen) atoms. The van der Waals surface area contributed by atoms with Crippen LogP contribution in [-0.2, 0) is 0 Å². The number of halogens is 4. The number of rotatable bonds is 1. The number of H-pyrrole nitrogens is 1. The summed E-state index contributed by atoms with van der Waals surface area (Å²) in [6.45, 7) is 0. The van der Waals surface area contributed by atoms with Gasteiger partial charge in [-0.15, -0.1) is 0 Å². The average Bonchev–Trinajstić information content (AvgIpc) is 1.97. The summed E-state index contributed by atoms with van der Waals surface area (Å²) >= 11 is 5.12. The zero-order valence-corrected chi connectivity index (χ0v) is 6.33. The minimum Gasteiger partial charge on any atom is -0.326 e. The van der Waals surface area contributed by atoms with Gasteiger partial charge in [0.25, 0.3) is 12.0 Å². The van der Waals surface area contributed by atoms with Gasteiger partial charge in [-0.1, -0.05) is 11.6 Å². The molecule has 0 spiro atoms. The van der Waals surface area contributed by atoms with E-state index in [2.05, 4.69) is 0 Å². The Kier molecular flexibility index (Phi) is 2.42. The van der Waals surface area contributed by atoms with Crippen molar-refractivity contribution in [2.75, 3.05) is 0 Å². The first-order valence-electron chi connectivity index (χ1n) is 2.88. The molecule has 1 heterocycles. The lowest BCUT2D eigenvalue weighted by atomic mass is 10.3. The second-order valence-corrected chi connectivity index (χ2v) is 2.37. The summed E-state index contributed by atoms with van der Waals surface area (Å²) in [5.41, 5.74) is -2.10. The molecule has 0 saturated carbocycles. The fourth-order valence-electron chi connectivity index (χ4n) is 0.693. The highest BCUT2D eigenvalue weighted by Crippen LogP contribution is 2.24. The van der Waals surface area contributed by atoms with Crippen LogP contribution in [-0.4, -0.2) is 4.98 Å².